The molecule has 1 aliphatic rings. The minimum Gasteiger partial charge on any atom is -0.444 e. The summed E-state index contributed by atoms with van der Waals surface area (Å²) in [7, 11) is 0. The quantitative estimate of drug-likeness (QED) is 0.575. The zero-order valence-corrected chi connectivity index (χ0v) is 20.4. The number of pyridine rings is 1. The first-order valence-electron chi connectivity index (χ1n) is 11.3. The van der Waals surface area contributed by atoms with Crippen LogP contribution in [0, 0.1) is 0 Å². The summed E-state index contributed by atoms with van der Waals surface area (Å²) in [5.74, 6) is 0.548. The van der Waals surface area contributed by atoms with Crippen LogP contribution in [0.3, 0.4) is 0 Å². The summed E-state index contributed by atoms with van der Waals surface area (Å²) in [6.07, 6.45) is 4.37. The highest BCUT2D eigenvalue weighted by Crippen LogP contribution is 2.37. The standard InChI is InChI=1S/C24H39N3O4/c1-9-17(2)27(22(29)31-24(6,7)8)20-18(13-12-15-25-20)19-14-10-11-16-26(19)21(28)30-23(3,4)5/h12-13,15,17,19H,9-11,14,16H2,1-8H3/t17-,19-/m0/s1. The monoisotopic (exact) mass is 433 g/mol. The summed E-state index contributed by atoms with van der Waals surface area (Å²) in [5.41, 5.74) is -0.347. The van der Waals surface area contributed by atoms with Gasteiger partial charge in [0.25, 0.3) is 0 Å². The molecular weight excluding hydrogens is 394 g/mol. The van der Waals surface area contributed by atoms with Crippen molar-refractivity contribution >= 4 is 18.0 Å². The summed E-state index contributed by atoms with van der Waals surface area (Å²) >= 11 is 0. The maximum atomic E-state index is 13.2. The molecule has 1 fully saturated rings. The first-order chi connectivity index (χ1) is 14.3. The zero-order valence-electron chi connectivity index (χ0n) is 20.4. The van der Waals surface area contributed by atoms with Crippen molar-refractivity contribution in [2.45, 2.75) is 104 Å². The molecule has 2 heterocycles. The van der Waals surface area contributed by atoms with E-state index in [4.69, 9.17) is 9.47 Å². The molecule has 174 valence electrons. The van der Waals surface area contributed by atoms with Gasteiger partial charge in [0.05, 0.1) is 6.04 Å². The number of ether oxygens (including phenoxy) is 2. The number of piperidine rings is 1. The third-order valence-corrected chi connectivity index (χ3v) is 5.16. The molecule has 31 heavy (non-hydrogen) atoms. The van der Waals surface area contributed by atoms with Crippen molar-refractivity contribution in [3.63, 3.8) is 0 Å². The number of rotatable bonds is 4. The minimum atomic E-state index is -0.620. The van der Waals surface area contributed by atoms with Crippen LogP contribution in [0.25, 0.3) is 0 Å². The van der Waals surface area contributed by atoms with Gasteiger partial charge in [0, 0.05) is 24.3 Å². The maximum Gasteiger partial charge on any atom is 0.416 e. The molecule has 7 heteroatoms. The van der Waals surface area contributed by atoms with E-state index in [1.807, 2.05) is 67.5 Å². The van der Waals surface area contributed by atoms with Crippen LogP contribution < -0.4 is 4.90 Å². The van der Waals surface area contributed by atoms with Crippen LogP contribution in [0.5, 0.6) is 0 Å². The van der Waals surface area contributed by atoms with Crippen molar-refractivity contribution < 1.29 is 19.1 Å². The SMILES string of the molecule is CC[C@H](C)N(C(=O)OC(C)(C)C)c1ncccc1[C@@H]1CCCCN1C(=O)OC(C)(C)C. The fourth-order valence-electron chi connectivity index (χ4n) is 3.63. The average Bonchev–Trinajstić information content (AvgIpc) is 2.65. The molecule has 2 atom stereocenters. The number of carbonyl (C=O) groups excluding carboxylic acids is 2. The van der Waals surface area contributed by atoms with Gasteiger partial charge in [0.2, 0.25) is 0 Å². The summed E-state index contributed by atoms with van der Waals surface area (Å²) in [4.78, 5) is 34.1. The molecule has 1 aromatic heterocycles. The van der Waals surface area contributed by atoms with E-state index in [9.17, 15) is 9.59 Å². The minimum absolute atomic E-state index is 0.109. The Bertz CT molecular complexity index is 767. The summed E-state index contributed by atoms with van der Waals surface area (Å²) in [5, 5.41) is 0. The molecule has 1 aliphatic heterocycles. The van der Waals surface area contributed by atoms with Gasteiger partial charge in [-0.1, -0.05) is 13.0 Å². The molecule has 0 N–H and O–H groups in total. The molecule has 0 aromatic carbocycles. The van der Waals surface area contributed by atoms with E-state index in [-0.39, 0.29) is 18.2 Å². The number of aromatic nitrogens is 1. The Labute approximate surface area is 187 Å². The first-order valence-corrected chi connectivity index (χ1v) is 11.3. The Morgan fingerprint density at radius 3 is 2.39 bits per heavy atom. The van der Waals surface area contributed by atoms with Crippen LogP contribution in [0.2, 0.25) is 0 Å². The molecule has 1 saturated heterocycles. The lowest BCUT2D eigenvalue weighted by Crippen LogP contribution is -2.45. The van der Waals surface area contributed by atoms with E-state index in [1.165, 1.54) is 0 Å². The Balaban J connectivity index is 2.47. The van der Waals surface area contributed by atoms with E-state index in [0.717, 1.165) is 31.2 Å². The lowest BCUT2D eigenvalue weighted by Gasteiger charge is -2.39. The molecule has 0 spiro atoms. The molecule has 0 saturated carbocycles. The van der Waals surface area contributed by atoms with Crippen molar-refractivity contribution in [3.8, 4) is 0 Å². The van der Waals surface area contributed by atoms with E-state index < -0.39 is 17.3 Å². The Kier molecular flexibility index (Phi) is 7.95. The zero-order chi connectivity index (χ0) is 23.4. The van der Waals surface area contributed by atoms with E-state index >= 15 is 0 Å². The van der Waals surface area contributed by atoms with Crippen LogP contribution in [-0.2, 0) is 9.47 Å². The van der Waals surface area contributed by atoms with Gasteiger partial charge in [0.15, 0.2) is 0 Å². The van der Waals surface area contributed by atoms with Gasteiger partial charge in [-0.3, -0.25) is 4.90 Å². The normalized spacial score (nSPS) is 18.3. The number of nitrogens with zero attached hydrogens (tertiary/aromatic N) is 3. The third-order valence-electron chi connectivity index (χ3n) is 5.16. The second-order valence-corrected chi connectivity index (χ2v) is 10.2. The summed E-state index contributed by atoms with van der Waals surface area (Å²) in [6.45, 7) is 15.8. The Morgan fingerprint density at radius 1 is 1.16 bits per heavy atom. The second-order valence-electron chi connectivity index (χ2n) is 10.2. The van der Waals surface area contributed by atoms with Crippen LogP contribution >= 0.6 is 0 Å². The van der Waals surface area contributed by atoms with Gasteiger partial charge in [-0.05, 0) is 80.2 Å². The number of anilines is 1. The van der Waals surface area contributed by atoms with Crippen molar-refractivity contribution in [1.29, 1.82) is 0 Å². The van der Waals surface area contributed by atoms with E-state index in [2.05, 4.69) is 4.98 Å². The molecule has 2 amide bonds. The smallest absolute Gasteiger partial charge is 0.416 e. The van der Waals surface area contributed by atoms with Crippen LogP contribution in [-0.4, -0.2) is 45.9 Å². The van der Waals surface area contributed by atoms with E-state index in [1.54, 1.807) is 16.0 Å². The number of hydrogen-bond acceptors (Lipinski definition) is 5. The van der Waals surface area contributed by atoms with Gasteiger partial charge in [-0.15, -0.1) is 0 Å². The molecule has 0 radical (unpaired) electrons. The van der Waals surface area contributed by atoms with E-state index in [0.29, 0.717) is 12.4 Å². The molecule has 1 aromatic rings. The number of hydrogen-bond donors (Lipinski definition) is 0. The number of likely N-dealkylation sites (tertiary alicyclic amines) is 1. The van der Waals surface area contributed by atoms with Crippen molar-refractivity contribution in [2.75, 3.05) is 11.4 Å². The van der Waals surface area contributed by atoms with Crippen molar-refractivity contribution in [1.82, 2.24) is 9.88 Å². The summed E-state index contributed by atoms with van der Waals surface area (Å²) < 4.78 is 11.4. The topological polar surface area (TPSA) is 72.0 Å². The summed E-state index contributed by atoms with van der Waals surface area (Å²) in [6, 6.07) is 3.49. The Hall–Kier alpha value is -2.31. The Morgan fingerprint density at radius 2 is 1.81 bits per heavy atom. The predicted molar refractivity (Wildman–Crippen MR) is 122 cm³/mol. The third kappa shape index (κ3) is 6.84. The highest BCUT2D eigenvalue weighted by Gasteiger charge is 2.36. The van der Waals surface area contributed by atoms with Crippen LogP contribution in [0.4, 0.5) is 15.4 Å². The second kappa shape index (κ2) is 9.88. The lowest BCUT2D eigenvalue weighted by molar-refractivity contribution is 0.00955. The highest BCUT2D eigenvalue weighted by atomic mass is 16.6. The molecule has 0 unspecified atom stereocenters. The van der Waals surface area contributed by atoms with Crippen molar-refractivity contribution in [2.24, 2.45) is 0 Å². The number of carbonyl (C=O) groups is 2. The fraction of sp³-hybridized carbons (Fsp3) is 0.708. The van der Waals surface area contributed by atoms with Crippen LogP contribution in [0.15, 0.2) is 18.3 Å². The fourth-order valence-corrected chi connectivity index (χ4v) is 3.63. The predicted octanol–water partition coefficient (Wildman–Crippen LogP) is 6.08. The molecule has 2 rings (SSSR count). The van der Waals surface area contributed by atoms with Crippen molar-refractivity contribution in [3.05, 3.63) is 23.9 Å². The van der Waals surface area contributed by atoms with Gasteiger partial charge >= 0.3 is 12.2 Å². The first kappa shape index (κ1) is 25.0. The highest BCUT2D eigenvalue weighted by molar-refractivity contribution is 5.88. The van der Waals surface area contributed by atoms with Gasteiger partial charge in [0.1, 0.15) is 17.0 Å². The molecule has 0 bridgehead atoms. The maximum absolute atomic E-state index is 13.2. The average molecular weight is 434 g/mol. The lowest BCUT2D eigenvalue weighted by atomic mass is 9.95. The van der Waals surface area contributed by atoms with Gasteiger partial charge in [-0.2, -0.15) is 0 Å². The molecule has 0 aliphatic carbocycles. The van der Waals surface area contributed by atoms with Gasteiger partial charge in [-0.25, -0.2) is 14.6 Å². The largest absolute Gasteiger partial charge is 0.444 e. The number of amides is 2. The van der Waals surface area contributed by atoms with Gasteiger partial charge < -0.3 is 14.4 Å². The molecular formula is C24H39N3O4. The molecule has 7 nitrogen and oxygen atoms in total. The van der Waals surface area contributed by atoms with Crippen LogP contribution in [0.1, 0.15) is 92.7 Å².